The van der Waals surface area contributed by atoms with E-state index in [2.05, 4.69) is 0 Å². The van der Waals surface area contributed by atoms with Crippen LogP contribution in [0.25, 0.3) is 0 Å². The molecule has 2 aromatic carbocycles. The first-order chi connectivity index (χ1) is 8.56. The predicted octanol–water partition coefficient (Wildman–Crippen LogP) is 3.37. The standard InChI is InChI=1S/C13H11ClFNOS/c14-12-5-4-9(6-13(12)15)8-18(17)11-3-1-2-10(16)7-11/h1-7H,8,16H2. The number of benzene rings is 2. The van der Waals surface area contributed by atoms with E-state index in [4.69, 9.17) is 17.3 Å². The molecular weight excluding hydrogens is 273 g/mol. The summed E-state index contributed by atoms with van der Waals surface area (Å²) in [7, 11) is -1.25. The monoisotopic (exact) mass is 283 g/mol. The van der Waals surface area contributed by atoms with Gasteiger partial charge in [-0.15, -0.1) is 0 Å². The molecule has 18 heavy (non-hydrogen) atoms. The average Bonchev–Trinajstić information content (AvgIpc) is 2.34. The van der Waals surface area contributed by atoms with Gasteiger partial charge in [-0.1, -0.05) is 23.7 Å². The molecule has 0 bridgehead atoms. The molecule has 0 saturated carbocycles. The van der Waals surface area contributed by atoms with Crippen molar-refractivity contribution in [2.45, 2.75) is 10.6 Å². The van der Waals surface area contributed by atoms with Crippen LogP contribution < -0.4 is 5.73 Å². The fourth-order valence-corrected chi connectivity index (χ4v) is 2.78. The molecule has 0 saturated heterocycles. The molecule has 1 unspecified atom stereocenters. The Bertz CT molecular complexity index is 603. The molecule has 0 aromatic heterocycles. The van der Waals surface area contributed by atoms with Gasteiger partial charge < -0.3 is 5.73 Å². The lowest BCUT2D eigenvalue weighted by atomic mass is 10.2. The molecule has 0 aliphatic rings. The maximum absolute atomic E-state index is 13.2. The summed E-state index contributed by atoms with van der Waals surface area (Å²) in [5, 5.41) is 0.0634. The van der Waals surface area contributed by atoms with Crippen LogP contribution in [0, 0.1) is 5.82 Å². The van der Waals surface area contributed by atoms with E-state index in [1.807, 2.05) is 0 Å². The van der Waals surface area contributed by atoms with Crippen molar-refractivity contribution in [1.82, 2.24) is 0 Å². The third kappa shape index (κ3) is 3.09. The summed E-state index contributed by atoms with van der Waals surface area (Å²) in [6.45, 7) is 0. The fourth-order valence-electron chi connectivity index (χ4n) is 1.52. The molecule has 0 spiro atoms. The SMILES string of the molecule is Nc1cccc(S(=O)Cc2ccc(Cl)c(F)c2)c1. The van der Waals surface area contributed by atoms with Crippen molar-refractivity contribution in [2.75, 3.05) is 5.73 Å². The van der Waals surface area contributed by atoms with Gasteiger partial charge in [0.25, 0.3) is 0 Å². The maximum Gasteiger partial charge on any atom is 0.142 e. The van der Waals surface area contributed by atoms with Crippen molar-refractivity contribution in [2.24, 2.45) is 0 Å². The Morgan fingerprint density at radius 1 is 1.22 bits per heavy atom. The van der Waals surface area contributed by atoms with Crippen LogP contribution in [0.15, 0.2) is 47.4 Å². The molecule has 0 heterocycles. The Labute approximate surface area is 112 Å². The molecule has 0 aliphatic heterocycles. The average molecular weight is 284 g/mol. The van der Waals surface area contributed by atoms with Gasteiger partial charge >= 0.3 is 0 Å². The molecular formula is C13H11ClFNOS. The third-order valence-corrected chi connectivity index (χ3v) is 4.08. The van der Waals surface area contributed by atoms with Crippen LogP contribution >= 0.6 is 11.6 Å². The molecule has 2 aromatic rings. The molecule has 0 aliphatic carbocycles. The van der Waals surface area contributed by atoms with E-state index in [0.29, 0.717) is 16.1 Å². The zero-order chi connectivity index (χ0) is 13.1. The Balaban J connectivity index is 2.18. The van der Waals surface area contributed by atoms with Gasteiger partial charge in [0.2, 0.25) is 0 Å². The first-order valence-corrected chi connectivity index (χ1v) is 6.94. The number of hydrogen-bond donors (Lipinski definition) is 1. The number of rotatable bonds is 3. The second-order valence-electron chi connectivity index (χ2n) is 3.81. The van der Waals surface area contributed by atoms with E-state index in [-0.39, 0.29) is 10.8 Å². The summed E-state index contributed by atoms with van der Waals surface area (Å²) in [5.74, 6) is -0.267. The van der Waals surface area contributed by atoms with Crippen LogP contribution in [-0.4, -0.2) is 4.21 Å². The highest BCUT2D eigenvalue weighted by Gasteiger charge is 2.07. The predicted molar refractivity (Wildman–Crippen MR) is 72.4 cm³/mol. The minimum absolute atomic E-state index is 0.0634. The maximum atomic E-state index is 13.2. The summed E-state index contributed by atoms with van der Waals surface area (Å²) in [5.41, 5.74) is 6.82. The molecule has 0 fully saturated rings. The minimum Gasteiger partial charge on any atom is -0.399 e. The van der Waals surface area contributed by atoms with Crippen molar-refractivity contribution in [1.29, 1.82) is 0 Å². The highest BCUT2D eigenvalue weighted by Crippen LogP contribution is 2.19. The van der Waals surface area contributed by atoms with Gasteiger partial charge in [0.1, 0.15) is 5.82 Å². The lowest BCUT2D eigenvalue weighted by Crippen LogP contribution is -1.98. The number of nitrogens with two attached hydrogens (primary N) is 1. The Kier molecular flexibility index (Phi) is 3.99. The first-order valence-electron chi connectivity index (χ1n) is 5.24. The van der Waals surface area contributed by atoms with Gasteiger partial charge in [-0.2, -0.15) is 0 Å². The van der Waals surface area contributed by atoms with E-state index in [1.54, 1.807) is 30.3 Å². The van der Waals surface area contributed by atoms with Crippen LogP contribution in [0.3, 0.4) is 0 Å². The lowest BCUT2D eigenvalue weighted by Gasteiger charge is -2.04. The normalized spacial score (nSPS) is 12.3. The summed E-state index contributed by atoms with van der Waals surface area (Å²) in [4.78, 5) is 0.630. The number of anilines is 1. The van der Waals surface area contributed by atoms with Crippen molar-refractivity contribution in [3.8, 4) is 0 Å². The van der Waals surface area contributed by atoms with E-state index < -0.39 is 16.6 Å². The van der Waals surface area contributed by atoms with Crippen molar-refractivity contribution in [3.63, 3.8) is 0 Å². The summed E-state index contributed by atoms with van der Waals surface area (Å²) in [6.07, 6.45) is 0. The van der Waals surface area contributed by atoms with Crippen LogP contribution in [-0.2, 0) is 16.6 Å². The smallest absolute Gasteiger partial charge is 0.142 e. The molecule has 2 nitrogen and oxygen atoms in total. The van der Waals surface area contributed by atoms with Crippen molar-refractivity contribution in [3.05, 3.63) is 58.9 Å². The molecule has 1 atom stereocenters. The minimum atomic E-state index is -1.25. The summed E-state index contributed by atoms with van der Waals surface area (Å²) < 4.78 is 25.3. The topological polar surface area (TPSA) is 43.1 Å². The van der Waals surface area contributed by atoms with E-state index in [0.717, 1.165) is 0 Å². The quantitative estimate of drug-likeness (QED) is 0.878. The molecule has 94 valence electrons. The van der Waals surface area contributed by atoms with Crippen molar-refractivity contribution >= 4 is 28.1 Å². The Morgan fingerprint density at radius 2 is 2.00 bits per heavy atom. The van der Waals surface area contributed by atoms with Gasteiger partial charge in [0.15, 0.2) is 0 Å². The Hall–Kier alpha value is -1.39. The summed E-state index contributed by atoms with van der Waals surface area (Å²) in [6, 6.07) is 11.3. The molecule has 5 heteroatoms. The van der Waals surface area contributed by atoms with Gasteiger partial charge in [0.05, 0.1) is 21.6 Å². The summed E-state index contributed by atoms with van der Waals surface area (Å²) >= 11 is 5.59. The number of halogens is 2. The number of hydrogen-bond acceptors (Lipinski definition) is 2. The van der Waals surface area contributed by atoms with E-state index >= 15 is 0 Å². The number of nitrogen functional groups attached to an aromatic ring is 1. The van der Waals surface area contributed by atoms with Gasteiger partial charge in [-0.25, -0.2) is 4.39 Å². The molecule has 2 rings (SSSR count). The van der Waals surface area contributed by atoms with Crippen LogP contribution in [0.5, 0.6) is 0 Å². The second-order valence-corrected chi connectivity index (χ2v) is 5.67. The van der Waals surface area contributed by atoms with Crippen LogP contribution in [0.1, 0.15) is 5.56 Å². The highest BCUT2D eigenvalue weighted by atomic mass is 35.5. The Morgan fingerprint density at radius 3 is 2.67 bits per heavy atom. The van der Waals surface area contributed by atoms with Gasteiger partial charge in [0, 0.05) is 10.6 Å². The van der Waals surface area contributed by atoms with Crippen molar-refractivity contribution < 1.29 is 8.60 Å². The van der Waals surface area contributed by atoms with E-state index in [9.17, 15) is 8.60 Å². The molecule has 2 N–H and O–H groups in total. The van der Waals surface area contributed by atoms with Crippen LogP contribution in [0.2, 0.25) is 5.02 Å². The van der Waals surface area contributed by atoms with Gasteiger partial charge in [-0.05, 0) is 35.9 Å². The molecule has 0 radical (unpaired) electrons. The molecule has 0 amide bonds. The second kappa shape index (κ2) is 5.50. The first kappa shape index (κ1) is 13.1. The zero-order valence-electron chi connectivity index (χ0n) is 9.40. The van der Waals surface area contributed by atoms with Gasteiger partial charge in [-0.3, -0.25) is 4.21 Å². The zero-order valence-corrected chi connectivity index (χ0v) is 11.0. The largest absolute Gasteiger partial charge is 0.399 e. The fraction of sp³-hybridized carbons (Fsp3) is 0.0769. The highest BCUT2D eigenvalue weighted by molar-refractivity contribution is 7.84. The van der Waals surface area contributed by atoms with Crippen LogP contribution in [0.4, 0.5) is 10.1 Å². The lowest BCUT2D eigenvalue weighted by molar-refractivity contribution is 0.626. The van der Waals surface area contributed by atoms with E-state index in [1.165, 1.54) is 12.1 Å². The third-order valence-electron chi connectivity index (χ3n) is 2.40.